The molecule has 0 atom stereocenters. The second-order valence-electron chi connectivity index (χ2n) is 5.04. The van der Waals surface area contributed by atoms with Gasteiger partial charge in [0.15, 0.2) is 5.13 Å². The standard InChI is InChI=1S/C15H9ClF3N3O2S2/c16-11-4-3-10(26-11)9-7-25-14(20-9)21-12(23)6-22-5-1-2-8(13(22)24)15(17,18)19/h1-5,7H,6H2,(H,20,21,23). The predicted octanol–water partition coefficient (Wildman–Crippen LogP) is 4.34. The molecule has 136 valence electrons. The van der Waals surface area contributed by atoms with Gasteiger partial charge in [-0.25, -0.2) is 4.98 Å². The molecule has 0 spiro atoms. The number of pyridine rings is 1. The number of halogens is 4. The Labute approximate surface area is 157 Å². The highest BCUT2D eigenvalue weighted by Crippen LogP contribution is 2.32. The molecule has 0 aromatic carbocycles. The number of amides is 1. The number of nitrogens with zero attached hydrogens (tertiary/aromatic N) is 2. The molecular weight excluding hydrogens is 411 g/mol. The third kappa shape index (κ3) is 4.14. The van der Waals surface area contributed by atoms with E-state index in [9.17, 15) is 22.8 Å². The van der Waals surface area contributed by atoms with Crippen LogP contribution in [0.25, 0.3) is 10.6 Å². The maximum absolute atomic E-state index is 12.7. The molecule has 1 N–H and O–H groups in total. The summed E-state index contributed by atoms with van der Waals surface area (Å²) in [5.74, 6) is -0.656. The molecule has 0 aliphatic carbocycles. The lowest BCUT2D eigenvalue weighted by molar-refractivity contribution is -0.139. The largest absolute Gasteiger partial charge is 0.421 e. The van der Waals surface area contributed by atoms with Crippen LogP contribution in [0.1, 0.15) is 5.56 Å². The summed E-state index contributed by atoms with van der Waals surface area (Å²) >= 11 is 8.35. The van der Waals surface area contributed by atoms with Gasteiger partial charge >= 0.3 is 6.18 Å². The zero-order chi connectivity index (χ0) is 18.9. The molecule has 0 radical (unpaired) electrons. The first-order valence-corrected chi connectivity index (χ1v) is 9.09. The Morgan fingerprint density at radius 2 is 2.08 bits per heavy atom. The van der Waals surface area contributed by atoms with Crippen LogP contribution in [-0.4, -0.2) is 15.5 Å². The summed E-state index contributed by atoms with van der Waals surface area (Å²) in [5.41, 5.74) is -1.97. The fourth-order valence-electron chi connectivity index (χ4n) is 2.09. The molecule has 0 aliphatic heterocycles. The van der Waals surface area contributed by atoms with E-state index in [1.807, 2.05) is 0 Å². The van der Waals surface area contributed by atoms with Crippen molar-refractivity contribution in [2.24, 2.45) is 0 Å². The number of rotatable bonds is 4. The number of aromatic nitrogens is 2. The van der Waals surface area contributed by atoms with Crippen molar-refractivity contribution in [3.05, 3.63) is 56.1 Å². The summed E-state index contributed by atoms with van der Waals surface area (Å²) in [7, 11) is 0. The van der Waals surface area contributed by atoms with Gasteiger partial charge in [-0.2, -0.15) is 13.2 Å². The SMILES string of the molecule is O=C(Cn1cccc(C(F)(F)F)c1=O)Nc1nc(-c2ccc(Cl)s2)cs1. The van der Waals surface area contributed by atoms with Gasteiger partial charge in [-0.15, -0.1) is 22.7 Å². The van der Waals surface area contributed by atoms with E-state index < -0.39 is 29.8 Å². The summed E-state index contributed by atoms with van der Waals surface area (Å²) < 4.78 is 39.5. The summed E-state index contributed by atoms with van der Waals surface area (Å²) in [4.78, 5) is 28.9. The van der Waals surface area contributed by atoms with E-state index in [1.165, 1.54) is 11.3 Å². The first-order chi connectivity index (χ1) is 12.2. The lowest BCUT2D eigenvalue weighted by Crippen LogP contribution is -2.31. The second kappa shape index (κ2) is 7.22. The van der Waals surface area contributed by atoms with Crippen molar-refractivity contribution in [2.45, 2.75) is 12.7 Å². The number of anilines is 1. The van der Waals surface area contributed by atoms with Gasteiger partial charge in [-0.05, 0) is 24.3 Å². The Morgan fingerprint density at radius 3 is 2.73 bits per heavy atom. The average molecular weight is 420 g/mol. The van der Waals surface area contributed by atoms with Gasteiger partial charge in [-0.1, -0.05) is 11.6 Å². The number of carbonyl (C=O) groups excluding carboxylic acids is 1. The highest BCUT2D eigenvalue weighted by molar-refractivity contribution is 7.20. The number of carbonyl (C=O) groups is 1. The van der Waals surface area contributed by atoms with Crippen molar-refractivity contribution < 1.29 is 18.0 Å². The molecule has 3 aromatic rings. The molecule has 0 saturated carbocycles. The van der Waals surface area contributed by atoms with E-state index in [4.69, 9.17) is 11.6 Å². The summed E-state index contributed by atoms with van der Waals surface area (Å²) in [5, 5.41) is 4.46. The molecule has 5 nitrogen and oxygen atoms in total. The number of thiophene rings is 1. The predicted molar refractivity (Wildman–Crippen MR) is 94.8 cm³/mol. The van der Waals surface area contributed by atoms with Crippen LogP contribution in [0.3, 0.4) is 0 Å². The number of hydrogen-bond acceptors (Lipinski definition) is 5. The molecule has 0 aliphatic rings. The molecule has 0 fully saturated rings. The van der Waals surface area contributed by atoms with Crippen molar-refractivity contribution in [1.29, 1.82) is 0 Å². The van der Waals surface area contributed by atoms with E-state index in [0.717, 1.165) is 28.5 Å². The van der Waals surface area contributed by atoms with Crippen LogP contribution >= 0.6 is 34.3 Å². The molecular formula is C15H9ClF3N3O2S2. The Kier molecular flexibility index (Phi) is 5.17. The van der Waals surface area contributed by atoms with Crippen molar-refractivity contribution >= 4 is 45.3 Å². The molecule has 11 heteroatoms. The van der Waals surface area contributed by atoms with Gasteiger partial charge in [0.2, 0.25) is 5.91 Å². The average Bonchev–Trinajstić information content (AvgIpc) is 3.17. The maximum Gasteiger partial charge on any atom is 0.421 e. The number of thiazole rings is 1. The molecule has 0 unspecified atom stereocenters. The van der Waals surface area contributed by atoms with Crippen molar-refractivity contribution in [2.75, 3.05) is 5.32 Å². The third-order valence-corrected chi connectivity index (χ3v) is 5.23. The summed E-state index contributed by atoms with van der Waals surface area (Å²) in [6, 6.07) is 5.25. The highest BCUT2D eigenvalue weighted by atomic mass is 35.5. The van der Waals surface area contributed by atoms with Crippen LogP contribution in [0, 0.1) is 0 Å². The monoisotopic (exact) mass is 419 g/mol. The van der Waals surface area contributed by atoms with Gasteiger partial charge in [0.05, 0.1) is 14.9 Å². The van der Waals surface area contributed by atoms with Crippen LogP contribution < -0.4 is 10.9 Å². The molecule has 26 heavy (non-hydrogen) atoms. The number of nitrogens with one attached hydrogen (secondary N) is 1. The minimum atomic E-state index is -4.78. The van der Waals surface area contributed by atoms with Gasteiger partial charge in [0.25, 0.3) is 5.56 Å². The lowest BCUT2D eigenvalue weighted by atomic mass is 10.2. The maximum atomic E-state index is 12.7. The van der Waals surface area contributed by atoms with E-state index in [-0.39, 0.29) is 5.13 Å². The first kappa shape index (κ1) is 18.6. The highest BCUT2D eigenvalue weighted by Gasteiger charge is 2.34. The van der Waals surface area contributed by atoms with E-state index in [0.29, 0.717) is 20.7 Å². The molecule has 3 heterocycles. The zero-order valence-electron chi connectivity index (χ0n) is 12.7. The molecule has 3 aromatic heterocycles. The normalized spacial score (nSPS) is 11.5. The van der Waals surface area contributed by atoms with Crippen molar-refractivity contribution in [3.8, 4) is 10.6 Å². The van der Waals surface area contributed by atoms with Gasteiger partial charge in [0, 0.05) is 11.6 Å². The van der Waals surface area contributed by atoms with Crippen LogP contribution in [0.5, 0.6) is 0 Å². The topological polar surface area (TPSA) is 64.0 Å². The second-order valence-corrected chi connectivity index (χ2v) is 7.62. The molecule has 1 amide bonds. The van der Waals surface area contributed by atoms with E-state index in [1.54, 1.807) is 17.5 Å². The van der Waals surface area contributed by atoms with Crippen molar-refractivity contribution in [1.82, 2.24) is 9.55 Å². The number of hydrogen-bond donors (Lipinski definition) is 1. The minimum absolute atomic E-state index is 0.273. The van der Waals surface area contributed by atoms with Gasteiger partial charge < -0.3 is 9.88 Å². The van der Waals surface area contributed by atoms with Crippen molar-refractivity contribution in [3.63, 3.8) is 0 Å². The third-order valence-electron chi connectivity index (χ3n) is 3.22. The van der Waals surface area contributed by atoms with Crippen LogP contribution in [0.15, 0.2) is 40.6 Å². The molecule has 0 bridgehead atoms. The fourth-order valence-corrected chi connectivity index (χ4v) is 3.89. The van der Waals surface area contributed by atoms with Gasteiger partial charge in [-0.3, -0.25) is 9.59 Å². The fraction of sp³-hybridized carbons (Fsp3) is 0.133. The van der Waals surface area contributed by atoms with Gasteiger partial charge in [0.1, 0.15) is 12.1 Å². The number of alkyl halides is 3. The van der Waals surface area contributed by atoms with E-state index in [2.05, 4.69) is 10.3 Å². The Hall–Kier alpha value is -2.17. The van der Waals surface area contributed by atoms with E-state index >= 15 is 0 Å². The summed E-state index contributed by atoms with van der Waals surface area (Å²) in [6.07, 6.45) is -3.65. The smallest absolute Gasteiger partial charge is 0.306 e. The minimum Gasteiger partial charge on any atom is -0.306 e. The van der Waals surface area contributed by atoms with Crippen LogP contribution in [0.4, 0.5) is 18.3 Å². The Morgan fingerprint density at radius 1 is 1.31 bits per heavy atom. The molecule has 0 saturated heterocycles. The van der Waals surface area contributed by atoms with Crippen LogP contribution in [0.2, 0.25) is 4.34 Å². The van der Waals surface area contributed by atoms with Crippen LogP contribution in [-0.2, 0) is 17.5 Å². The Bertz CT molecular complexity index is 1010. The first-order valence-electron chi connectivity index (χ1n) is 7.02. The zero-order valence-corrected chi connectivity index (χ0v) is 15.1. The quantitative estimate of drug-likeness (QED) is 0.684. The lowest BCUT2D eigenvalue weighted by Gasteiger charge is -2.09. The Balaban J connectivity index is 1.72. The molecule has 3 rings (SSSR count). The summed E-state index contributed by atoms with van der Waals surface area (Å²) in [6.45, 7) is -0.553.